The van der Waals surface area contributed by atoms with Gasteiger partial charge in [-0.3, -0.25) is 4.79 Å². The number of aryl methyl sites for hydroxylation is 1. The molecule has 1 amide bonds. The first-order valence-electron chi connectivity index (χ1n) is 7.96. The zero-order valence-electron chi connectivity index (χ0n) is 14.8. The minimum absolute atomic E-state index is 0.161. The van der Waals surface area contributed by atoms with Gasteiger partial charge in [0.1, 0.15) is 0 Å². The topological polar surface area (TPSA) is 73.9 Å². The summed E-state index contributed by atoms with van der Waals surface area (Å²) in [6, 6.07) is 10.3. The van der Waals surface area contributed by atoms with Crippen LogP contribution in [0.5, 0.6) is 11.5 Å². The molecule has 0 bridgehead atoms. The van der Waals surface area contributed by atoms with Gasteiger partial charge in [-0.2, -0.15) is 0 Å². The van der Waals surface area contributed by atoms with Crippen molar-refractivity contribution in [1.29, 1.82) is 0 Å². The zero-order valence-corrected chi connectivity index (χ0v) is 15.6. The summed E-state index contributed by atoms with van der Waals surface area (Å²) in [6.07, 6.45) is 0.860. The van der Waals surface area contributed by atoms with Crippen molar-refractivity contribution in [1.82, 2.24) is 0 Å². The number of hydrogen-bond donors (Lipinski definition) is 1. The number of benzene rings is 2. The molecule has 0 unspecified atom stereocenters. The van der Waals surface area contributed by atoms with Crippen LogP contribution in [0, 0.1) is 0 Å². The van der Waals surface area contributed by atoms with Gasteiger partial charge in [0.25, 0.3) is 5.91 Å². The summed E-state index contributed by atoms with van der Waals surface area (Å²) in [5.74, 6) is -0.504. The molecule has 0 radical (unpaired) electrons. The van der Waals surface area contributed by atoms with Gasteiger partial charge in [0.15, 0.2) is 18.1 Å². The molecule has 0 aliphatic carbocycles. The Balaban J connectivity index is 1.99. The molecule has 2 aromatic carbocycles. The van der Waals surface area contributed by atoms with Gasteiger partial charge < -0.3 is 19.5 Å². The number of ether oxygens (including phenoxy) is 3. The second-order valence-electron chi connectivity index (χ2n) is 5.37. The molecule has 0 heterocycles. The van der Waals surface area contributed by atoms with Gasteiger partial charge in [-0.1, -0.05) is 30.7 Å². The number of hydrogen-bond acceptors (Lipinski definition) is 5. The highest BCUT2D eigenvalue weighted by molar-refractivity contribution is 6.32. The van der Waals surface area contributed by atoms with Crippen LogP contribution >= 0.6 is 11.6 Å². The van der Waals surface area contributed by atoms with Crippen molar-refractivity contribution in [3.8, 4) is 11.5 Å². The van der Waals surface area contributed by atoms with Crippen molar-refractivity contribution < 1.29 is 23.8 Å². The summed E-state index contributed by atoms with van der Waals surface area (Å²) in [5.41, 5.74) is 1.91. The highest BCUT2D eigenvalue weighted by Gasteiger charge is 2.17. The normalized spacial score (nSPS) is 10.2. The average molecular weight is 378 g/mol. The van der Waals surface area contributed by atoms with E-state index in [1.165, 1.54) is 26.4 Å². The molecular weight excluding hydrogens is 358 g/mol. The SMILES string of the molecule is CCc1cccc(NC(=O)COC(=O)c2cc(Cl)c(OC)c(OC)c2)c1. The third kappa shape index (κ3) is 4.89. The smallest absolute Gasteiger partial charge is 0.338 e. The van der Waals surface area contributed by atoms with E-state index in [1.54, 1.807) is 6.07 Å². The third-order valence-corrected chi connectivity index (χ3v) is 3.90. The molecule has 138 valence electrons. The van der Waals surface area contributed by atoms with Crippen LogP contribution in [0.2, 0.25) is 5.02 Å². The number of halogens is 1. The van der Waals surface area contributed by atoms with E-state index in [2.05, 4.69) is 5.32 Å². The molecule has 0 aliphatic heterocycles. The lowest BCUT2D eigenvalue weighted by Crippen LogP contribution is -2.21. The van der Waals surface area contributed by atoms with E-state index >= 15 is 0 Å². The number of amides is 1. The summed E-state index contributed by atoms with van der Waals surface area (Å²) >= 11 is 6.06. The summed E-state index contributed by atoms with van der Waals surface area (Å²) in [5, 5.41) is 2.90. The Labute approximate surface area is 157 Å². The maximum absolute atomic E-state index is 12.2. The first-order chi connectivity index (χ1) is 12.5. The molecule has 0 saturated carbocycles. The minimum atomic E-state index is -0.690. The van der Waals surface area contributed by atoms with Crippen LogP contribution in [0.3, 0.4) is 0 Å². The second-order valence-corrected chi connectivity index (χ2v) is 5.78. The molecule has 0 spiro atoms. The van der Waals surface area contributed by atoms with Crippen LogP contribution in [0.15, 0.2) is 36.4 Å². The van der Waals surface area contributed by atoms with Crippen molar-refractivity contribution in [2.45, 2.75) is 13.3 Å². The lowest BCUT2D eigenvalue weighted by molar-refractivity contribution is -0.119. The number of rotatable bonds is 7. The average Bonchev–Trinajstić information content (AvgIpc) is 2.65. The molecule has 26 heavy (non-hydrogen) atoms. The number of carbonyl (C=O) groups excluding carboxylic acids is 2. The number of esters is 1. The molecule has 0 aromatic heterocycles. The van der Waals surface area contributed by atoms with Crippen LogP contribution in [-0.2, 0) is 16.0 Å². The van der Waals surface area contributed by atoms with Crippen molar-refractivity contribution >= 4 is 29.2 Å². The second kappa shape index (κ2) is 9.10. The van der Waals surface area contributed by atoms with Gasteiger partial charge in [0.05, 0.1) is 24.8 Å². The fraction of sp³-hybridized carbons (Fsp3) is 0.263. The van der Waals surface area contributed by atoms with Crippen LogP contribution in [0.25, 0.3) is 0 Å². The van der Waals surface area contributed by atoms with Gasteiger partial charge in [-0.05, 0) is 36.2 Å². The van der Waals surface area contributed by atoms with Crippen LogP contribution < -0.4 is 14.8 Å². The van der Waals surface area contributed by atoms with Crippen LogP contribution in [0.1, 0.15) is 22.8 Å². The molecule has 2 rings (SSSR count). The van der Waals surface area contributed by atoms with Crippen molar-refractivity contribution in [3.63, 3.8) is 0 Å². The van der Waals surface area contributed by atoms with E-state index in [9.17, 15) is 9.59 Å². The Kier molecular flexibility index (Phi) is 6.86. The van der Waals surface area contributed by atoms with E-state index in [0.717, 1.165) is 12.0 Å². The monoisotopic (exact) mass is 377 g/mol. The number of anilines is 1. The molecule has 6 nitrogen and oxygen atoms in total. The lowest BCUT2D eigenvalue weighted by Gasteiger charge is -2.12. The summed E-state index contributed by atoms with van der Waals surface area (Å²) in [4.78, 5) is 24.1. The Morgan fingerprint density at radius 3 is 2.54 bits per heavy atom. The molecular formula is C19H20ClNO5. The van der Waals surface area contributed by atoms with E-state index < -0.39 is 18.5 Å². The summed E-state index contributed by atoms with van der Waals surface area (Å²) < 4.78 is 15.3. The van der Waals surface area contributed by atoms with E-state index in [-0.39, 0.29) is 10.6 Å². The van der Waals surface area contributed by atoms with Gasteiger partial charge in [0.2, 0.25) is 0 Å². The van der Waals surface area contributed by atoms with Gasteiger partial charge in [0, 0.05) is 5.69 Å². The quantitative estimate of drug-likeness (QED) is 0.744. The van der Waals surface area contributed by atoms with Crippen molar-refractivity contribution in [2.75, 3.05) is 26.1 Å². The highest BCUT2D eigenvalue weighted by Crippen LogP contribution is 2.36. The number of methoxy groups -OCH3 is 2. The Morgan fingerprint density at radius 2 is 1.88 bits per heavy atom. The Bertz CT molecular complexity index is 807. The van der Waals surface area contributed by atoms with Crippen molar-refractivity contribution in [3.05, 3.63) is 52.5 Å². The van der Waals surface area contributed by atoms with Gasteiger partial charge in [-0.25, -0.2) is 4.79 Å². The maximum atomic E-state index is 12.2. The molecule has 0 fully saturated rings. The summed E-state index contributed by atoms with van der Waals surface area (Å²) in [6.45, 7) is 1.61. The number of nitrogens with one attached hydrogen (secondary N) is 1. The summed E-state index contributed by atoms with van der Waals surface area (Å²) in [7, 11) is 2.88. The van der Waals surface area contributed by atoms with Crippen molar-refractivity contribution in [2.24, 2.45) is 0 Å². The predicted molar refractivity (Wildman–Crippen MR) is 99.3 cm³/mol. The first kappa shape index (κ1) is 19.6. The van der Waals surface area contributed by atoms with Gasteiger partial charge >= 0.3 is 5.97 Å². The predicted octanol–water partition coefficient (Wildman–Crippen LogP) is 3.72. The Morgan fingerprint density at radius 1 is 1.12 bits per heavy atom. The third-order valence-electron chi connectivity index (χ3n) is 3.62. The minimum Gasteiger partial charge on any atom is -0.493 e. The van der Waals surface area contributed by atoms with E-state index in [4.69, 9.17) is 25.8 Å². The highest BCUT2D eigenvalue weighted by atomic mass is 35.5. The molecule has 0 saturated heterocycles. The molecule has 0 atom stereocenters. The van der Waals surface area contributed by atoms with Gasteiger partial charge in [-0.15, -0.1) is 0 Å². The lowest BCUT2D eigenvalue weighted by atomic mass is 10.1. The first-order valence-corrected chi connectivity index (χ1v) is 8.33. The van der Waals surface area contributed by atoms with Crippen LogP contribution in [0.4, 0.5) is 5.69 Å². The largest absolute Gasteiger partial charge is 0.493 e. The molecule has 7 heteroatoms. The van der Waals surface area contributed by atoms with Crippen LogP contribution in [-0.4, -0.2) is 32.7 Å². The number of carbonyl (C=O) groups is 2. The molecule has 2 aromatic rings. The fourth-order valence-corrected chi connectivity index (χ4v) is 2.60. The van der Waals surface area contributed by atoms with E-state index in [1.807, 2.05) is 25.1 Å². The van der Waals surface area contributed by atoms with E-state index in [0.29, 0.717) is 17.2 Å². The fourth-order valence-electron chi connectivity index (χ4n) is 2.32. The zero-order chi connectivity index (χ0) is 19.1. The maximum Gasteiger partial charge on any atom is 0.338 e. The molecule has 0 aliphatic rings. The standard InChI is InChI=1S/C19H20ClNO5/c1-4-12-6-5-7-14(8-12)21-17(22)11-26-19(23)13-9-15(20)18(25-3)16(10-13)24-2/h5-10H,4,11H2,1-3H3,(H,21,22). The molecule has 1 N–H and O–H groups in total. The Hall–Kier alpha value is -2.73.